The van der Waals surface area contributed by atoms with Crippen LogP contribution in [0, 0.1) is 6.92 Å². The molecule has 2 heterocycles. The van der Waals surface area contributed by atoms with Gasteiger partial charge in [-0.1, -0.05) is 17.7 Å². The number of benzene rings is 1. The molecule has 31 heavy (non-hydrogen) atoms. The molecule has 0 bridgehead atoms. The van der Waals surface area contributed by atoms with Gasteiger partial charge in [0, 0.05) is 44.8 Å². The minimum Gasteiger partial charge on any atom is -0.444 e. The van der Waals surface area contributed by atoms with Gasteiger partial charge in [0.05, 0.1) is 18.8 Å². The molecule has 0 aliphatic carbocycles. The Morgan fingerprint density at radius 1 is 1.19 bits per heavy atom. The van der Waals surface area contributed by atoms with Crippen molar-refractivity contribution in [2.45, 2.75) is 33.4 Å². The van der Waals surface area contributed by atoms with Crippen molar-refractivity contribution in [2.75, 3.05) is 39.8 Å². The van der Waals surface area contributed by atoms with Crippen molar-refractivity contribution in [1.82, 2.24) is 25.4 Å². The number of oxazole rings is 1. The highest BCUT2D eigenvalue weighted by atomic mass is 127. The normalized spacial score (nSPS) is 15.0. The first kappa shape index (κ1) is 25.1. The maximum atomic E-state index is 12.0. The van der Waals surface area contributed by atoms with Gasteiger partial charge in [-0.3, -0.25) is 14.7 Å². The van der Waals surface area contributed by atoms with Gasteiger partial charge in [-0.25, -0.2) is 4.98 Å². The molecule has 0 spiro atoms. The molecule has 2 N–H and O–H groups in total. The molecule has 1 aliphatic heterocycles. The number of halogens is 1. The third-order valence-electron chi connectivity index (χ3n) is 4.98. The van der Waals surface area contributed by atoms with E-state index in [1.165, 1.54) is 5.56 Å². The van der Waals surface area contributed by atoms with Crippen molar-refractivity contribution in [3.63, 3.8) is 0 Å². The Hall–Kier alpha value is -2.14. The summed E-state index contributed by atoms with van der Waals surface area (Å²) >= 11 is 0. The van der Waals surface area contributed by atoms with Crippen molar-refractivity contribution in [1.29, 1.82) is 0 Å². The lowest BCUT2D eigenvalue weighted by Crippen LogP contribution is -2.54. The van der Waals surface area contributed by atoms with Gasteiger partial charge in [-0.15, -0.1) is 24.0 Å². The number of aryl methyl sites for hydroxylation is 1. The van der Waals surface area contributed by atoms with E-state index in [0.717, 1.165) is 43.4 Å². The van der Waals surface area contributed by atoms with Gasteiger partial charge < -0.3 is 20.0 Å². The number of piperazine rings is 1. The Morgan fingerprint density at radius 2 is 1.87 bits per heavy atom. The number of carbonyl (C=O) groups excluding carboxylic acids is 1. The van der Waals surface area contributed by atoms with Crippen molar-refractivity contribution < 1.29 is 9.21 Å². The summed E-state index contributed by atoms with van der Waals surface area (Å²) < 4.78 is 5.63. The highest BCUT2D eigenvalue weighted by Gasteiger charge is 2.21. The molecule has 1 amide bonds. The summed E-state index contributed by atoms with van der Waals surface area (Å²) in [4.78, 5) is 25.3. The van der Waals surface area contributed by atoms with E-state index in [4.69, 9.17) is 4.42 Å². The Labute approximate surface area is 201 Å². The molecular formula is C22H33IN6O2. The molecule has 0 atom stereocenters. The van der Waals surface area contributed by atoms with E-state index in [2.05, 4.69) is 37.3 Å². The third kappa shape index (κ3) is 7.49. The largest absolute Gasteiger partial charge is 0.444 e. The van der Waals surface area contributed by atoms with Gasteiger partial charge in [0.2, 0.25) is 11.8 Å². The highest BCUT2D eigenvalue weighted by molar-refractivity contribution is 14.0. The van der Waals surface area contributed by atoms with Gasteiger partial charge in [0.1, 0.15) is 6.26 Å². The van der Waals surface area contributed by atoms with Crippen molar-refractivity contribution >= 4 is 35.8 Å². The lowest BCUT2D eigenvalue weighted by Gasteiger charge is -2.36. The summed E-state index contributed by atoms with van der Waals surface area (Å²) in [5.41, 5.74) is 3.00. The van der Waals surface area contributed by atoms with E-state index in [1.54, 1.807) is 13.3 Å². The fraction of sp³-hybridized carbons (Fsp3) is 0.500. The first-order valence-electron chi connectivity index (χ1n) is 10.4. The van der Waals surface area contributed by atoms with E-state index in [-0.39, 0.29) is 35.9 Å². The minimum absolute atomic E-state index is 0. The first-order valence-corrected chi connectivity index (χ1v) is 10.4. The number of hydrogen-bond donors (Lipinski definition) is 2. The Bertz CT molecular complexity index is 857. The maximum absolute atomic E-state index is 12.0. The lowest BCUT2D eigenvalue weighted by atomic mass is 10.1. The van der Waals surface area contributed by atoms with E-state index in [9.17, 15) is 4.79 Å². The molecule has 2 aromatic rings. The SMILES string of the molecule is CN=C(NCc1coc(-c2ccc(C)cc2)n1)N1CCN(CC(=O)NC(C)C)CC1.I. The summed E-state index contributed by atoms with van der Waals surface area (Å²) in [6.45, 7) is 10.3. The van der Waals surface area contributed by atoms with Crippen LogP contribution in [-0.4, -0.2) is 72.5 Å². The zero-order valence-corrected chi connectivity index (χ0v) is 21.1. The second-order valence-electron chi connectivity index (χ2n) is 7.90. The second-order valence-corrected chi connectivity index (χ2v) is 7.90. The van der Waals surface area contributed by atoms with E-state index in [1.807, 2.05) is 38.1 Å². The van der Waals surface area contributed by atoms with Crippen LogP contribution in [0.4, 0.5) is 0 Å². The molecule has 1 saturated heterocycles. The molecule has 1 aromatic heterocycles. The quantitative estimate of drug-likeness (QED) is 0.333. The Balaban J connectivity index is 0.00000341. The molecule has 0 saturated carbocycles. The van der Waals surface area contributed by atoms with Crippen LogP contribution in [0.1, 0.15) is 25.1 Å². The average molecular weight is 540 g/mol. The molecule has 1 aliphatic rings. The maximum Gasteiger partial charge on any atom is 0.234 e. The average Bonchev–Trinajstić information content (AvgIpc) is 3.18. The first-order chi connectivity index (χ1) is 14.4. The van der Waals surface area contributed by atoms with Gasteiger partial charge in [0.15, 0.2) is 5.96 Å². The monoisotopic (exact) mass is 540 g/mol. The number of nitrogens with one attached hydrogen (secondary N) is 2. The lowest BCUT2D eigenvalue weighted by molar-refractivity contribution is -0.123. The molecule has 0 radical (unpaired) electrons. The zero-order chi connectivity index (χ0) is 21.5. The van der Waals surface area contributed by atoms with Gasteiger partial charge in [-0.2, -0.15) is 0 Å². The molecular weight excluding hydrogens is 507 g/mol. The van der Waals surface area contributed by atoms with Crippen LogP contribution in [0.15, 0.2) is 39.9 Å². The molecule has 1 aromatic carbocycles. The number of guanidine groups is 1. The van der Waals surface area contributed by atoms with Crippen LogP contribution in [0.3, 0.4) is 0 Å². The predicted octanol–water partition coefficient (Wildman–Crippen LogP) is 2.49. The number of rotatable bonds is 6. The number of amides is 1. The second kappa shape index (κ2) is 12.0. The number of hydrogen-bond acceptors (Lipinski definition) is 5. The fourth-order valence-electron chi connectivity index (χ4n) is 3.41. The van der Waals surface area contributed by atoms with E-state index < -0.39 is 0 Å². The molecule has 8 nitrogen and oxygen atoms in total. The summed E-state index contributed by atoms with van der Waals surface area (Å²) in [6, 6.07) is 8.29. The van der Waals surface area contributed by atoms with E-state index >= 15 is 0 Å². The topological polar surface area (TPSA) is 86.0 Å². The van der Waals surface area contributed by atoms with Crippen LogP contribution in [-0.2, 0) is 11.3 Å². The van der Waals surface area contributed by atoms with Crippen LogP contribution in [0.25, 0.3) is 11.5 Å². The Kier molecular flexibility index (Phi) is 9.76. The molecule has 9 heteroatoms. The van der Waals surface area contributed by atoms with Crippen molar-refractivity contribution in [3.8, 4) is 11.5 Å². The summed E-state index contributed by atoms with van der Waals surface area (Å²) in [7, 11) is 1.78. The minimum atomic E-state index is 0. The summed E-state index contributed by atoms with van der Waals surface area (Å²) in [5, 5.41) is 6.31. The molecule has 1 fully saturated rings. The smallest absolute Gasteiger partial charge is 0.234 e. The number of carbonyl (C=O) groups is 1. The number of nitrogens with zero attached hydrogens (tertiary/aromatic N) is 4. The molecule has 3 rings (SSSR count). The predicted molar refractivity (Wildman–Crippen MR) is 134 cm³/mol. The highest BCUT2D eigenvalue weighted by Crippen LogP contribution is 2.19. The van der Waals surface area contributed by atoms with Crippen molar-refractivity contribution in [2.24, 2.45) is 4.99 Å². The zero-order valence-electron chi connectivity index (χ0n) is 18.7. The standard InChI is InChI=1S/C22H32N6O2.HI/c1-16(2)25-20(29)14-27-9-11-28(12-10-27)22(23-4)24-13-19-15-30-21(26-19)18-7-5-17(3)6-8-18;/h5-8,15-16H,9-14H2,1-4H3,(H,23,24)(H,25,29);1H. The fourth-order valence-corrected chi connectivity index (χ4v) is 3.41. The summed E-state index contributed by atoms with van der Waals surface area (Å²) in [6.07, 6.45) is 1.68. The van der Waals surface area contributed by atoms with Crippen molar-refractivity contribution in [3.05, 3.63) is 41.8 Å². The third-order valence-corrected chi connectivity index (χ3v) is 4.98. The van der Waals surface area contributed by atoms with Gasteiger partial charge >= 0.3 is 0 Å². The van der Waals surface area contributed by atoms with Crippen LogP contribution in [0.5, 0.6) is 0 Å². The van der Waals surface area contributed by atoms with Crippen LogP contribution >= 0.6 is 24.0 Å². The number of aromatic nitrogens is 1. The summed E-state index contributed by atoms with van der Waals surface area (Å²) in [5.74, 6) is 1.53. The van der Waals surface area contributed by atoms with E-state index in [0.29, 0.717) is 19.0 Å². The van der Waals surface area contributed by atoms with Crippen LogP contribution in [0.2, 0.25) is 0 Å². The molecule has 170 valence electrons. The number of aliphatic imine (C=N–C) groups is 1. The molecule has 0 unspecified atom stereocenters. The Morgan fingerprint density at radius 3 is 2.48 bits per heavy atom. The van der Waals surface area contributed by atoms with Gasteiger partial charge in [-0.05, 0) is 32.9 Å². The van der Waals surface area contributed by atoms with Crippen LogP contribution < -0.4 is 10.6 Å². The van der Waals surface area contributed by atoms with Gasteiger partial charge in [0.25, 0.3) is 0 Å².